The van der Waals surface area contributed by atoms with Crippen molar-refractivity contribution in [2.45, 2.75) is 0 Å². The zero-order valence-electron chi connectivity index (χ0n) is 5.70. The van der Waals surface area contributed by atoms with Gasteiger partial charge in [0.05, 0.1) is 13.7 Å². The van der Waals surface area contributed by atoms with Crippen LogP contribution in [0.5, 0.6) is 0 Å². The second-order valence-corrected chi connectivity index (χ2v) is 3.16. The van der Waals surface area contributed by atoms with Gasteiger partial charge in [-0.3, -0.25) is 9.00 Å². The van der Waals surface area contributed by atoms with E-state index in [2.05, 4.69) is 4.74 Å². The third kappa shape index (κ3) is 4.46. The zero-order chi connectivity index (χ0) is 7.98. The number of hydrogen-bond donors (Lipinski definition) is 1. The normalized spacial score (nSPS) is 12.6. The summed E-state index contributed by atoms with van der Waals surface area (Å²) >= 11 is 0. The van der Waals surface area contributed by atoms with E-state index in [1.165, 1.54) is 7.11 Å². The summed E-state index contributed by atoms with van der Waals surface area (Å²) in [7, 11) is -0.0400. The van der Waals surface area contributed by atoms with Gasteiger partial charge >= 0.3 is 5.97 Å². The Kier molecular flexibility index (Phi) is 5.15. The van der Waals surface area contributed by atoms with E-state index < -0.39 is 16.8 Å². The van der Waals surface area contributed by atoms with Gasteiger partial charge in [0.1, 0.15) is 5.75 Å². The molecule has 0 rings (SSSR count). The number of carbonyl (C=O) groups excluding carboxylic acids is 1. The smallest absolute Gasteiger partial charge is 0.318 e. The van der Waals surface area contributed by atoms with Gasteiger partial charge in [-0.25, -0.2) is 0 Å². The van der Waals surface area contributed by atoms with Gasteiger partial charge in [-0.1, -0.05) is 0 Å². The van der Waals surface area contributed by atoms with Crippen molar-refractivity contribution in [2.75, 3.05) is 25.2 Å². The topological polar surface area (TPSA) is 63.6 Å². The van der Waals surface area contributed by atoms with Crippen molar-refractivity contribution in [1.82, 2.24) is 0 Å². The third-order valence-electron chi connectivity index (χ3n) is 0.825. The molecule has 1 N–H and O–H groups in total. The first-order chi connectivity index (χ1) is 4.70. The molecular formula is C5H10O4S. The van der Waals surface area contributed by atoms with Crippen LogP contribution in [-0.4, -0.2) is 40.5 Å². The van der Waals surface area contributed by atoms with Crippen molar-refractivity contribution in [3.05, 3.63) is 0 Å². The monoisotopic (exact) mass is 166 g/mol. The second kappa shape index (κ2) is 5.37. The van der Waals surface area contributed by atoms with Crippen molar-refractivity contribution in [3.8, 4) is 0 Å². The third-order valence-corrected chi connectivity index (χ3v) is 2.02. The molecule has 0 aromatic heterocycles. The van der Waals surface area contributed by atoms with Crippen molar-refractivity contribution >= 4 is 16.8 Å². The molecule has 0 saturated carbocycles. The maximum atomic E-state index is 10.7. The molecule has 0 bridgehead atoms. The molecule has 5 heteroatoms. The van der Waals surface area contributed by atoms with Gasteiger partial charge in [0.25, 0.3) is 0 Å². The minimum atomic E-state index is -1.27. The Balaban J connectivity index is 3.47. The number of carbonyl (C=O) groups is 1. The molecule has 4 nitrogen and oxygen atoms in total. The zero-order valence-corrected chi connectivity index (χ0v) is 6.52. The summed E-state index contributed by atoms with van der Waals surface area (Å²) < 4.78 is 14.9. The fourth-order valence-corrected chi connectivity index (χ4v) is 1.09. The van der Waals surface area contributed by atoms with E-state index in [1.54, 1.807) is 0 Å². The maximum Gasteiger partial charge on any atom is 0.318 e. The molecule has 0 spiro atoms. The minimum Gasteiger partial charge on any atom is -0.468 e. The number of esters is 1. The highest BCUT2D eigenvalue weighted by molar-refractivity contribution is 7.85. The van der Waals surface area contributed by atoms with Gasteiger partial charge < -0.3 is 9.84 Å². The fraction of sp³-hybridized carbons (Fsp3) is 0.800. The molecule has 0 amide bonds. The van der Waals surface area contributed by atoms with Crippen LogP contribution in [0.4, 0.5) is 0 Å². The van der Waals surface area contributed by atoms with Crippen LogP contribution in [0.1, 0.15) is 0 Å². The highest BCUT2D eigenvalue weighted by Gasteiger charge is 2.05. The summed E-state index contributed by atoms with van der Waals surface area (Å²) in [5, 5.41) is 8.28. The molecule has 0 aromatic rings. The molecule has 0 aliphatic heterocycles. The molecule has 1 unspecified atom stereocenters. The SMILES string of the molecule is COC(=O)CS(=O)CCO. The van der Waals surface area contributed by atoms with E-state index >= 15 is 0 Å². The van der Waals surface area contributed by atoms with E-state index in [4.69, 9.17) is 5.11 Å². The van der Waals surface area contributed by atoms with E-state index in [9.17, 15) is 9.00 Å². The number of methoxy groups -OCH3 is 1. The first-order valence-electron chi connectivity index (χ1n) is 2.73. The largest absolute Gasteiger partial charge is 0.468 e. The van der Waals surface area contributed by atoms with Crippen LogP contribution in [0.3, 0.4) is 0 Å². The summed E-state index contributed by atoms with van der Waals surface area (Å²) in [6.45, 7) is -0.163. The second-order valence-electron chi connectivity index (χ2n) is 1.59. The molecule has 0 aliphatic carbocycles. The van der Waals surface area contributed by atoms with Crippen LogP contribution in [0.25, 0.3) is 0 Å². The lowest BCUT2D eigenvalue weighted by Crippen LogP contribution is -2.15. The van der Waals surface area contributed by atoms with Gasteiger partial charge in [0.2, 0.25) is 0 Å². The lowest BCUT2D eigenvalue weighted by Gasteiger charge is -1.96. The molecule has 0 heterocycles. The van der Waals surface area contributed by atoms with Crippen molar-refractivity contribution in [1.29, 1.82) is 0 Å². The number of aliphatic hydroxyl groups is 1. The quantitative estimate of drug-likeness (QED) is 0.538. The van der Waals surface area contributed by atoms with Gasteiger partial charge in [-0.05, 0) is 0 Å². The van der Waals surface area contributed by atoms with Crippen LogP contribution in [0.2, 0.25) is 0 Å². The van der Waals surface area contributed by atoms with Crippen molar-refractivity contribution < 1.29 is 18.8 Å². The first-order valence-corrected chi connectivity index (χ1v) is 4.22. The summed E-state index contributed by atoms with van der Waals surface area (Å²) in [5.74, 6) is -0.501. The number of hydrogen-bond acceptors (Lipinski definition) is 4. The maximum absolute atomic E-state index is 10.7. The van der Waals surface area contributed by atoms with Gasteiger partial charge in [0, 0.05) is 16.6 Å². The van der Waals surface area contributed by atoms with Crippen LogP contribution >= 0.6 is 0 Å². The molecular weight excluding hydrogens is 156 g/mol. The number of aliphatic hydroxyl groups excluding tert-OH is 1. The predicted octanol–water partition coefficient (Wildman–Crippen LogP) is -1.10. The van der Waals surface area contributed by atoms with Crippen LogP contribution in [0.15, 0.2) is 0 Å². The van der Waals surface area contributed by atoms with Gasteiger partial charge in [0.15, 0.2) is 0 Å². The van der Waals surface area contributed by atoms with Crippen LogP contribution in [-0.2, 0) is 20.3 Å². The van der Waals surface area contributed by atoms with Gasteiger partial charge in [-0.15, -0.1) is 0 Å². The molecule has 10 heavy (non-hydrogen) atoms. The summed E-state index contributed by atoms with van der Waals surface area (Å²) in [6, 6.07) is 0. The Morgan fingerprint density at radius 1 is 1.70 bits per heavy atom. The Morgan fingerprint density at radius 3 is 2.70 bits per heavy atom. The standard InChI is InChI=1S/C5H10O4S/c1-9-5(7)4-10(8)3-2-6/h6H,2-4H2,1H3. The molecule has 0 radical (unpaired) electrons. The van der Waals surface area contributed by atoms with E-state index in [-0.39, 0.29) is 18.1 Å². The van der Waals surface area contributed by atoms with Crippen molar-refractivity contribution in [2.24, 2.45) is 0 Å². The molecule has 0 aliphatic rings. The Bertz CT molecular complexity index is 134. The predicted molar refractivity (Wildman–Crippen MR) is 37.0 cm³/mol. The fourth-order valence-electron chi connectivity index (χ4n) is 0.364. The van der Waals surface area contributed by atoms with Crippen LogP contribution in [0, 0.1) is 0 Å². The molecule has 0 aromatic carbocycles. The minimum absolute atomic E-state index is 0.128. The number of ether oxygens (including phenoxy) is 1. The molecule has 0 fully saturated rings. The average molecular weight is 166 g/mol. The molecule has 0 saturated heterocycles. The Morgan fingerprint density at radius 2 is 2.30 bits per heavy atom. The van der Waals surface area contributed by atoms with Crippen LogP contribution < -0.4 is 0 Å². The Hall–Kier alpha value is -0.420. The molecule has 1 atom stereocenters. The average Bonchev–Trinajstić information content (AvgIpc) is 1.88. The highest BCUT2D eigenvalue weighted by Crippen LogP contribution is 1.83. The lowest BCUT2D eigenvalue weighted by molar-refractivity contribution is -0.137. The summed E-state index contributed by atoms with van der Waals surface area (Å²) in [5.41, 5.74) is 0. The first kappa shape index (κ1) is 9.58. The number of rotatable bonds is 4. The van der Waals surface area contributed by atoms with Gasteiger partial charge in [-0.2, -0.15) is 0 Å². The highest BCUT2D eigenvalue weighted by atomic mass is 32.2. The van der Waals surface area contributed by atoms with E-state index in [1.807, 2.05) is 0 Å². The summed E-state index contributed by atoms with van der Waals surface area (Å²) in [6.07, 6.45) is 0. The molecule has 60 valence electrons. The Labute approximate surface area is 61.6 Å². The lowest BCUT2D eigenvalue weighted by atomic mass is 10.8. The van der Waals surface area contributed by atoms with E-state index in [0.717, 1.165) is 0 Å². The summed E-state index contributed by atoms with van der Waals surface area (Å²) in [4.78, 5) is 10.4. The van der Waals surface area contributed by atoms with E-state index in [0.29, 0.717) is 0 Å². The van der Waals surface area contributed by atoms with Crippen molar-refractivity contribution in [3.63, 3.8) is 0 Å².